The third-order valence-electron chi connectivity index (χ3n) is 0. The Kier molecular flexibility index (Phi) is 35.9. The number of hydrogen-bond donors (Lipinski definition) is 0. The molecule has 0 aromatic rings. The molecular formula is C4H6FNiO4. The molecule has 4 nitrogen and oxygen atoms in total. The number of carbonyl (C=O) groups is 2. The van der Waals surface area contributed by atoms with Crippen molar-refractivity contribution in [2.45, 2.75) is 13.8 Å². The van der Waals surface area contributed by atoms with Crippen molar-refractivity contribution < 1.29 is 41.0 Å². The van der Waals surface area contributed by atoms with E-state index < -0.39 is 11.9 Å². The quantitative estimate of drug-likeness (QED) is 0.416. The van der Waals surface area contributed by atoms with Crippen LogP contribution in [0.4, 0.5) is 4.70 Å². The summed E-state index contributed by atoms with van der Waals surface area (Å²) < 4.78 is 0. The molecule has 0 aromatic heterocycles. The van der Waals surface area contributed by atoms with Crippen LogP contribution in [0, 0.1) is 0 Å². The smallest absolute Gasteiger partial charge is 0.550 e. The van der Waals surface area contributed by atoms with Crippen molar-refractivity contribution in [2.75, 3.05) is 0 Å². The SMILES string of the molecule is CC(=O)[O-].CC(=O)[O-].[F].[Ni+2]. The Morgan fingerprint density at radius 2 is 1.00 bits per heavy atom. The van der Waals surface area contributed by atoms with E-state index in [1.54, 1.807) is 0 Å². The van der Waals surface area contributed by atoms with Crippen LogP contribution in [0.5, 0.6) is 0 Å². The molecule has 0 N–H and O–H groups in total. The van der Waals surface area contributed by atoms with Gasteiger partial charge in [0, 0.05) is 16.6 Å². The van der Waals surface area contributed by atoms with E-state index >= 15 is 0 Å². The van der Waals surface area contributed by atoms with Gasteiger partial charge in [0.15, 0.2) is 0 Å². The van der Waals surface area contributed by atoms with Crippen LogP contribution < -0.4 is 10.2 Å². The maximum Gasteiger partial charge on any atom is 2.00 e. The molecule has 63 valence electrons. The summed E-state index contributed by atoms with van der Waals surface area (Å²) in [5, 5.41) is 17.8. The molecule has 0 rings (SSSR count). The van der Waals surface area contributed by atoms with Crippen LogP contribution in [0.15, 0.2) is 0 Å². The normalized spacial score (nSPS) is 5.00. The van der Waals surface area contributed by atoms with Gasteiger partial charge in [-0.2, -0.15) is 0 Å². The van der Waals surface area contributed by atoms with Crippen LogP contribution in [-0.4, -0.2) is 11.9 Å². The Hall–Kier alpha value is -0.636. The number of halogens is 1. The second kappa shape index (κ2) is 15.8. The molecule has 0 aromatic carbocycles. The Morgan fingerprint density at radius 1 is 1.00 bits per heavy atom. The van der Waals surface area contributed by atoms with Gasteiger partial charge in [0.25, 0.3) is 0 Å². The molecule has 0 unspecified atom stereocenters. The number of rotatable bonds is 0. The molecule has 0 aliphatic carbocycles. The van der Waals surface area contributed by atoms with E-state index in [2.05, 4.69) is 0 Å². The Morgan fingerprint density at radius 3 is 1.00 bits per heavy atom. The van der Waals surface area contributed by atoms with Gasteiger partial charge >= 0.3 is 16.5 Å². The van der Waals surface area contributed by atoms with Crippen LogP contribution in [0.25, 0.3) is 0 Å². The van der Waals surface area contributed by atoms with Gasteiger partial charge in [-0.3, -0.25) is 0 Å². The van der Waals surface area contributed by atoms with Crippen molar-refractivity contribution in [3.63, 3.8) is 0 Å². The molecule has 0 fully saturated rings. The standard InChI is InChI=1S/2C2H4O2.F.Ni/c2*1-2(3)4;;/h2*1H3,(H,3,4);;/q;;;+2/p-2. The van der Waals surface area contributed by atoms with Gasteiger partial charge in [0.05, 0.1) is 0 Å². The minimum Gasteiger partial charge on any atom is -0.550 e. The first-order valence-corrected chi connectivity index (χ1v) is 1.82. The molecule has 1 radical (unpaired) electrons. The summed E-state index contributed by atoms with van der Waals surface area (Å²) in [7, 11) is 0. The number of carboxylic acid groups (broad SMARTS) is 2. The van der Waals surface area contributed by atoms with Crippen LogP contribution in [0.1, 0.15) is 13.8 Å². The molecule has 0 bridgehead atoms. The zero-order valence-electron chi connectivity index (χ0n) is 5.33. The monoisotopic (exact) mass is 195 g/mol. The van der Waals surface area contributed by atoms with Crippen molar-refractivity contribution in [1.82, 2.24) is 0 Å². The molecule has 0 atom stereocenters. The van der Waals surface area contributed by atoms with Gasteiger partial charge in [-0.25, -0.2) is 0 Å². The molecule has 0 saturated heterocycles. The molecule has 10 heavy (non-hydrogen) atoms. The summed E-state index contributed by atoms with van der Waals surface area (Å²) in [5.74, 6) is -2.17. The van der Waals surface area contributed by atoms with Crippen molar-refractivity contribution >= 4 is 11.9 Å². The molecule has 0 aliphatic rings. The van der Waals surface area contributed by atoms with Gasteiger partial charge in [-0.05, 0) is 13.8 Å². The maximum absolute atomic E-state index is 8.89. The van der Waals surface area contributed by atoms with Gasteiger partial charge in [0.1, 0.15) is 0 Å². The molecule has 6 heteroatoms. The molecule has 0 amide bonds. The molecule has 0 heterocycles. The summed E-state index contributed by atoms with van der Waals surface area (Å²) in [5.41, 5.74) is 0. The molecule has 0 spiro atoms. The van der Waals surface area contributed by atoms with Gasteiger partial charge in [-0.1, -0.05) is 0 Å². The fourth-order valence-electron chi connectivity index (χ4n) is 0. The molecule has 0 aliphatic heterocycles. The largest absolute Gasteiger partial charge is 2.00 e. The third kappa shape index (κ3) is 736. The Bertz CT molecular complexity index is 75.3. The third-order valence-corrected chi connectivity index (χ3v) is 0. The van der Waals surface area contributed by atoms with Crippen LogP contribution >= 0.6 is 0 Å². The number of hydrogen-bond acceptors (Lipinski definition) is 4. The minimum atomic E-state index is -1.08. The first-order valence-electron chi connectivity index (χ1n) is 1.82. The average Bonchev–Trinajstić information content (AvgIpc) is 1.25. The number of carbonyl (C=O) groups excluding carboxylic acids is 2. The first kappa shape index (κ1) is 22.8. The summed E-state index contributed by atoms with van der Waals surface area (Å²) in [6, 6.07) is 0. The number of carboxylic acids is 2. The number of aliphatic carboxylic acids is 2. The van der Waals surface area contributed by atoms with Crippen molar-refractivity contribution in [2.24, 2.45) is 0 Å². The van der Waals surface area contributed by atoms with E-state index in [0.717, 1.165) is 13.8 Å². The predicted octanol–water partition coefficient (Wildman–Crippen LogP) is -2.07. The zero-order valence-corrected chi connectivity index (χ0v) is 6.31. The Labute approximate surface area is 67.5 Å². The first-order chi connectivity index (χ1) is 3.46. The fraction of sp³-hybridized carbons (Fsp3) is 0.500. The van der Waals surface area contributed by atoms with E-state index in [9.17, 15) is 0 Å². The minimum absolute atomic E-state index is 0. The second-order valence-electron chi connectivity index (χ2n) is 0.983. The maximum atomic E-state index is 8.89. The van der Waals surface area contributed by atoms with E-state index in [1.165, 1.54) is 0 Å². The van der Waals surface area contributed by atoms with Crippen LogP contribution in [0.3, 0.4) is 0 Å². The molecular weight excluding hydrogens is 190 g/mol. The second-order valence-corrected chi connectivity index (χ2v) is 0.983. The summed E-state index contributed by atoms with van der Waals surface area (Å²) in [6.07, 6.45) is 0. The predicted molar refractivity (Wildman–Crippen MR) is 22.5 cm³/mol. The summed E-state index contributed by atoms with van der Waals surface area (Å²) >= 11 is 0. The van der Waals surface area contributed by atoms with Crippen molar-refractivity contribution in [1.29, 1.82) is 0 Å². The summed E-state index contributed by atoms with van der Waals surface area (Å²) in [6.45, 7) is 1.94. The zero-order chi connectivity index (χ0) is 7.15. The Balaban J connectivity index is -0.0000000300. The van der Waals surface area contributed by atoms with Crippen LogP contribution in [-0.2, 0) is 26.1 Å². The van der Waals surface area contributed by atoms with E-state index in [-0.39, 0.29) is 21.2 Å². The van der Waals surface area contributed by atoms with E-state index in [0.29, 0.717) is 0 Å². The van der Waals surface area contributed by atoms with Crippen molar-refractivity contribution in [3.8, 4) is 0 Å². The van der Waals surface area contributed by atoms with Gasteiger partial charge in [0.2, 0.25) is 0 Å². The van der Waals surface area contributed by atoms with Crippen molar-refractivity contribution in [3.05, 3.63) is 0 Å². The topological polar surface area (TPSA) is 80.3 Å². The summed E-state index contributed by atoms with van der Waals surface area (Å²) in [4.78, 5) is 17.8. The van der Waals surface area contributed by atoms with Crippen LogP contribution in [0.2, 0.25) is 0 Å². The van der Waals surface area contributed by atoms with E-state index in [4.69, 9.17) is 19.8 Å². The average molecular weight is 196 g/mol. The van der Waals surface area contributed by atoms with Gasteiger partial charge < -0.3 is 19.8 Å². The van der Waals surface area contributed by atoms with Gasteiger partial charge in [-0.15, -0.1) is 0 Å². The fourth-order valence-corrected chi connectivity index (χ4v) is 0. The van der Waals surface area contributed by atoms with E-state index in [1.807, 2.05) is 0 Å². The molecule has 0 saturated carbocycles.